The van der Waals surface area contributed by atoms with Crippen molar-refractivity contribution >= 4 is 18.4 Å². The minimum absolute atomic E-state index is 0.0940. The molecule has 0 unspecified atom stereocenters. The molecule has 0 spiro atoms. The Morgan fingerprint density at radius 1 is 1.62 bits per heavy atom. The van der Waals surface area contributed by atoms with Crippen LogP contribution in [0.2, 0.25) is 0 Å². The number of hydrogen-bond acceptors (Lipinski definition) is 2. The fourth-order valence-corrected chi connectivity index (χ4v) is 0.484. The molecular formula is C6H10OS. The highest BCUT2D eigenvalue weighted by Gasteiger charge is 1.85. The summed E-state index contributed by atoms with van der Waals surface area (Å²) < 4.78 is 0. The van der Waals surface area contributed by atoms with Gasteiger partial charge in [-0.25, -0.2) is 0 Å². The lowest BCUT2D eigenvalue weighted by Gasteiger charge is -1.87. The largest absolute Gasteiger partial charge is 0.295 e. The van der Waals surface area contributed by atoms with Crippen LogP contribution in [0, 0.1) is 0 Å². The second-order valence-electron chi connectivity index (χ2n) is 1.76. The van der Waals surface area contributed by atoms with Crippen LogP contribution in [0.3, 0.4) is 0 Å². The van der Waals surface area contributed by atoms with Crippen molar-refractivity contribution < 1.29 is 4.79 Å². The van der Waals surface area contributed by atoms with Gasteiger partial charge in [-0.3, -0.25) is 4.79 Å². The Labute approximate surface area is 55.2 Å². The molecule has 1 nitrogen and oxygen atoms in total. The Hall–Kier alpha value is -0.240. The molecule has 0 radical (unpaired) electrons. The summed E-state index contributed by atoms with van der Waals surface area (Å²) in [6, 6.07) is 0. The summed E-state index contributed by atoms with van der Waals surface area (Å²) in [4.78, 5) is 10.3. The lowest BCUT2D eigenvalue weighted by molar-refractivity contribution is -0.112. The Morgan fingerprint density at radius 3 is 2.25 bits per heavy atom. The van der Waals surface area contributed by atoms with E-state index in [9.17, 15) is 4.79 Å². The van der Waals surface area contributed by atoms with Gasteiger partial charge in [0.1, 0.15) is 0 Å². The Kier molecular flexibility index (Phi) is 3.61. The third kappa shape index (κ3) is 3.93. The van der Waals surface area contributed by atoms with E-state index in [2.05, 4.69) is 12.6 Å². The second kappa shape index (κ2) is 3.72. The quantitative estimate of drug-likeness (QED) is 0.442. The van der Waals surface area contributed by atoms with Gasteiger partial charge >= 0.3 is 0 Å². The Bertz CT molecular complexity index is 116. The number of hydrogen-bond donors (Lipinski definition) is 1. The smallest absolute Gasteiger partial charge is 0.152 e. The molecule has 0 N–H and O–H groups in total. The molecule has 8 heavy (non-hydrogen) atoms. The molecule has 0 aliphatic heterocycles. The van der Waals surface area contributed by atoms with Crippen LogP contribution in [0.5, 0.6) is 0 Å². The zero-order chi connectivity index (χ0) is 6.57. The number of thiol groups is 1. The maximum Gasteiger partial charge on any atom is 0.152 e. The van der Waals surface area contributed by atoms with Crippen LogP contribution in [0.1, 0.15) is 13.8 Å². The number of ketones is 1. The highest BCUT2D eigenvalue weighted by molar-refractivity contribution is 7.80. The van der Waals surface area contributed by atoms with Crippen molar-refractivity contribution in [3.63, 3.8) is 0 Å². The van der Waals surface area contributed by atoms with Gasteiger partial charge in [0.05, 0.1) is 0 Å². The minimum Gasteiger partial charge on any atom is -0.295 e. The molecule has 2 heteroatoms. The maximum absolute atomic E-state index is 10.3. The van der Waals surface area contributed by atoms with Crippen LogP contribution < -0.4 is 0 Å². The molecule has 0 bridgehead atoms. The molecule has 0 aliphatic carbocycles. The summed E-state index contributed by atoms with van der Waals surface area (Å²) in [7, 11) is 0. The van der Waals surface area contributed by atoms with E-state index in [1.807, 2.05) is 6.92 Å². The number of allylic oxidation sites excluding steroid dienone is 1. The zero-order valence-corrected chi connectivity index (χ0v) is 6.03. The Morgan fingerprint density at radius 2 is 2.12 bits per heavy atom. The molecule has 0 aliphatic rings. The topological polar surface area (TPSA) is 17.1 Å². The van der Waals surface area contributed by atoms with E-state index >= 15 is 0 Å². The molecule has 0 amide bonds. The van der Waals surface area contributed by atoms with Gasteiger partial charge in [0.25, 0.3) is 0 Å². The van der Waals surface area contributed by atoms with Crippen molar-refractivity contribution in [2.75, 3.05) is 5.75 Å². The first-order chi connectivity index (χ1) is 3.66. The molecule has 0 saturated heterocycles. The van der Waals surface area contributed by atoms with E-state index in [1.54, 1.807) is 6.08 Å². The highest BCUT2D eigenvalue weighted by Crippen LogP contribution is 1.93. The lowest BCUT2D eigenvalue weighted by Crippen LogP contribution is -1.85. The fraction of sp³-hybridized carbons (Fsp3) is 0.500. The van der Waals surface area contributed by atoms with Crippen LogP contribution in [0.4, 0.5) is 0 Å². The monoisotopic (exact) mass is 130 g/mol. The van der Waals surface area contributed by atoms with Gasteiger partial charge in [-0.15, -0.1) is 0 Å². The van der Waals surface area contributed by atoms with Crippen LogP contribution in [-0.4, -0.2) is 11.5 Å². The summed E-state index contributed by atoms with van der Waals surface area (Å²) in [5.74, 6) is 0.760. The molecule has 0 aromatic rings. The van der Waals surface area contributed by atoms with E-state index in [1.165, 1.54) is 6.92 Å². The normalized spacial score (nSPS) is 11.6. The van der Waals surface area contributed by atoms with Gasteiger partial charge in [-0.2, -0.15) is 12.6 Å². The molecule has 0 aromatic heterocycles. The fourth-order valence-electron chi connectivity index (χ4n) is 0.393. The number of rotatable bonds is 2. The molecule has 0 aromatic carbocycles. The van der Waals surface area contributed by atoms with E-state index in [4.69, 9.17) is 0 Å². The van der Waals surface area contributed by atoms with E-state index in [0.29, 0.717) is 5.75 Å². The summed E-state index contributed by atoms with van der Waals surface area (Å²) in [5.41, 5.74) is 1.01. The van der Waals surface area contributed by atoms with Gasteiger partial charge in [0, 0.05) is 5.75 Å². The third-order valence-electron chi connectivity index (χ3n) is 0.699. The first-order valence-corrected chi connectivity index (χ1v) is 3.08. The van der Waals surface area contributed by atoms with Gasteiger partial charge in [-0.1, -0.05) is 5.57 Å². The predicted molar refractivity (Wildman–Crippen MR) is 38.3 cm³/mol. The SMILES string of the molecule is CC(=O)C=C(C)CS. The van der Waals surface area contributed by atoms with Gasteiger partial charge in [0.2, 0.25) is 0 Å². The van der Waals surface area contributed by atoms with E-state index < -0.39 is 0 Å². The average molecular weight is 130 g/mol. The van der Waals surface area contributed by atoms with Crippen LogP contribution in [-0.2, 0) is 4.79 Å². The van der Waals surface area contributed by atoms with E-state index in [-0.39, 0.29) is 5.78 Å². The van der Waals surface area contributed by atoms with Crippen molar-refractivity contribution in [1.29, 1.82) is 0 Å². The molecule has 0 heterocycles. The van der Waals surface area contributed by atoms with Crippen molar-refractivity contribution in [1.82, 2.24) is 0 Å². The van der Waals surface area contributed by atoms with Crippen LogP contribution in [0.25, 0.3) is 0 Å². The summed E-state index contributed by atoms with van der Waals surface area (Å²) >= 11 is 3.97. The molecule has 0 rings (SSSR count). The summed E-state index contributed by atoms with van der Waals surface area (Å²) in [6.07, 6.45) is 1.59. The highest BCUT2D eigenvalue weighted by atomic mass is 32.1. The number of carbonyl (C=O) groups is 1. The van der Waals surface area contributed by atoms with Crippen LogP contribution >= 0.6 is 12.6 Å². The average Bonchev–Trinajstić information content (AvgIpc) is 1.65. The third-order valence-corrected chi connectivity index (χ3v) is 1.20. The maximum atomic E-state index is 10.3. The summed E-state index contributed by atoms with van der Waals surface area (Å²) in [6.45, 7) is 3.42. The van der Waals surface area contributed by atoms with Crippen molar-refractivity contribution in [3.8, 4) is 0 Å². The molecule has 0 saturated carbocycles. The van der Waals surface area contributed by atoms with E-state index in [0.717, 1.165) is 5.57 Å². The van der Waals surface area contributed by atoms with Crippen molar-refractivity contribution in [2.24, 2.45) is 0 Å². The first kappa shape index (κ1) is 7.76. The van der Waals surface area contributed by atoms with Gasteiger partial charge in [-0.05, 0) is 19.9 Å². The minimum atomic E-state index is 0.0940. The summed E-state index contributed by atoms with van der Waals surface area (Å²) in [5, 5.41) is 0. The van der Waals surface area contributed by atoms with Gasteiger partial charge < -0.3 is 0 Å². The van der Waals surface area contributed by atoms with Crippen molar-refractivity contribution in [2.45, 2.75) is 13.8 Å². The molecule has 46 valence electrons. The molecular weight excluding hydrogens is 120 g/mol. The standard InChI is InChI=1S/C6H10OS/c1-5(4-8)3-6(2)7/h3,8H,4H2,1-2H3. The lowest BCUT2D eigenvalue weighted by atomic mass is 10.3. The second-order valence-corrected chi connectivity index (χ2v) is 2.08. The predicted octanol–water partition coefficient (Wildman–Crippen LogP) is 1.45. The van der Waals surface area contributed by atoms with Crippen LogP contribution in [0.15, 0.2) is 11.6 Å². The van der Waals surface area contributed by atoms with Gasteiger partial charge in [0.15, 0.2) is 5.78 Å². The zero-order valence-electron chi connectivity index (χ0n) is 5.14. The Balaban J connectivity index is 3.75. The molecule has 0 fully saturated rings. The van der Waals surface area contributed by atoms with Crippen molar-refractivity contribution in [3.05, 3.63) is 11.6 Å². The molecule has 0 atom stereocenters. The number of carbonyl (C=O) groups excluding carboxylic acids is 1. The first-order valence-electron chi connectivity index (χ1n) is 2.45.